The van der Waals surface area contributed by atoms with Gasteiger partial charge in [0.05, 0.1) is 6.10 Å². The van der Waals surface area contributed by atoms with Crippen LogP contribution in [0, 0.1) is 0 Å². The highest BCUT2D eigenvalue weighted by atomic mass is 31.0. The maximum Gasteiger partial charge on any atom is 0.323 e. The van der Waals surface area contributed by atoms with Crippen LogP contribution < -0.4 is 0 Å². The second kappa shape index (κ2) is 4.17. The summed E-state index contributed by atoms with van der Waals surface area (Å²) < 4.78 is 0. The Bertz CT molecular complexity index is 176. The summed E-state index contributed by atoms with van der Waals surface area (Å²) in [5.41, 5.74) is 0. The van der Waals surface area contributed by atoms with E-state index in [0.29, 0.717) is 12.7 Å². The lowest BCUT2D eigenvalue weighted by molar-refractivity contribution is -0.149. The summed E-state index contributed by atoms with van der Waals surface area (Å²) in [6.07, 6.45) is 1.36. The summed E-state index contributed by atoms with van der Waals surface area (Å²) in [5.74, 6) is -0.926. The van der Waals surface area contributed by atoms with Gasteiger partial charge in [-0.2, -0.15) is 0 Å². The number of likely N-dealkylation sites (tertiary alicyclic amines) is 1. The minimum absolute atomic E-state index is 0.595. The van der Waals surface area contributed by atoms with Crippen molar-refractivity contribution >= 4 is 15.2 Å². The van der Waals surface area contributed by atoms with Gasteiger partial charge >= 0.3 is 5.97 Å². The van der Waals surface area contributed by atoms with Crippen molar-refractivity contribution < 1.29 is 15.0 Å². The molecule has 0 aromatic rings. The summed E-state index contributed by atoms with van der Waals surface area (Å²) in [6.45, 7) is 0.761. The number of carboxylic acid groups (broad SMARTS) is 1. The number of aliphatic carboxylic acids is 1. The molecule has 5 heteroatoms. The molecule has 0 spiro atoms. The van der Waals surface area contributed by atoms with Crippen molar-refractivity contribution in [3.05, 3.63) is 0 Å². The Labute approximate surface area is 73.8 Å². The smallest absolute Gasteiger partial charge is 0.323 e. The number of carboxylic acids is 1. The van der Waals surface area contributed by atoms with Crippen LogP contribution >= 0.6 is 9.24 Å². The molecule has 0 bridgehead atoms. The van der Waals surface area contributed by atoms with Crippen LogP contribution in [0.25, 0.3) is 0 Å². The molecule has 2 N–H and O–H groups in total. The van der Waals surface area contributed by atoms with E-state index in [4.69, 9.17) is 5.11 Å². The first kappa shape index (κ1) is 9.90. The lowest BCUT2D eigenvalue weighted by atomic mass is 10.00. The van der Waals surface area contributed by atoms with Crippen LogP contribution in [0.2, 0.25) is 0 Å². The molecule has 1 heterocycles. The molecule has 1 aliphatic heterocycles. The largest absolute Gasteiger partial charge is 0.480 e. The third kappa shape index (κ3) is 1.94. The molecular weight excluding hydrogens is 177 g/mol. The summed E-state index contributed by atoms with van der Waals surface area (Å²) in [4.78, 5) is 12.5. The van der Waals surface area contributed by atoms with Gasteiger partial charge in [0.2, 0.25) is 0 Å². The number of carbonyl (C=O) groups is 1. The van der Waals surface area contributed by atoms with Gasteiger partial charge in [0.15, 0.2) is 0 Å². The van der Waals surface area contributed by atoms with Crippen LogP contribution in [0.4, 0.5) is 0 Å². The van der Waals surface area contributed by atoms with E-state index in [0.717, 1.165) is 13.0 Å². The third-order valence-corrected chi connectivity index (χ3v) is 2.66. The fourth-order valence-electron chi connectivity index (χ4n) is 1.57. The van der Waals surface area contributed by atoms with Crippen LogP contribution in [-0.2, 0) is 4.79 Å². The number of rotatable bonds is 2. The summed E-state index contributed by atoms with van der Waals surface area (Å²) in [6, 6.07) is -0.712. The lowest BCUT2D eigenvalue weighted by Gasteiger charge is -2.35. The zero-order valence-corrected chi connectivity index (χ0v) is 7.97. The van der Waals surface area contributed by atoms with Gasteiger partial charge < -0.3 is 10.2 Å². The molecule has 0 aromatic carbocycles. The first-order valence-corrected chi connectivity index (χ1v) is 4.83. The highest BCUT2D eigenvalue weighted by molar-refractivity contribution is 7.16. The Morgan fingerprint density at radius 1 is 1.67 bits per heavy atom. The molecule has 0 radical (unpaired) electrons. The molecule has 1 fully saturated rings. The summed E-state index contributed by atoms with van der Waals surface area (Å²) >= 11 is 0. The maximum absolute atomic E-state index is 10.7. The fraction of sp³-hybridized carbons (Fsp3) is 0.857. The highest BCUT2D eigenvalue weighted by Crippen LogP contribution is 2.18. The van der Waals surface area contributed by atoms with Gasteiger partial charge in [-0.05, 0) is 19.4 Å². The Morgan fingerprint density at radius 2 is 2.33 bits per heavy atom. The summed E-state index contributed by atoms with van der Waals surface area (Å²) in [7, 11) is 2.48. The van der Waals surface area contributed by atoms with Crippen molar-refractivity contribution in [2.24, 2.45) is 0 Å². The molecule has 1 rings (SSSR count). The zero-order chi connectivity index (χ0) is 9.14. The molecule has 0 amide bonds. The Kier molecular flexibility index (Phi) is 3.44. The molecular formula is C7H14NO3P. The molecule has 12 heavy (non-hydrogen) atoms. The number of aliphatic hydroxyl groups excluding tert-OH is 1. The monoisotopic (exact) mass is 191 g/mol. The van der Waals surface area contributed by atoms with Gasteiger partial charge in [-0.25, -0.2) is 0 Å². The van der Waals surface area contributed by atoms with Gasteiger partial charge in [0.25, 0.3) is 0 Å². The van der Waals surface area contributed by atoms with Crippen LogP contribution in [0.15, 0.2) is 0 Å². The molecule has 1 saturated heterocycles. The van der Waals surface area contributed by atoms with Gasteiger partial charge in [0, 0.05) is 6.29 Å². The van der Waals surface area contributed by atoms with Crippen LogP contribution in [0.3, 0.4) is 0 Å². The van der Waals surface area contributed by atoms with Crippen LogP contribution in [0.1, 0.15) is 12.8 Å². The maximum atomic E-state index is 10.7. The molecule has 4 nitrogen and oxygen atoms in total. The van der Waals surface area contributed by atoms with Crippen molar-refractivity contribution in [1.82, 2.24) is 4.90 Å². The number of aliphatic hydroxyl groups is 1. The van der Waals surface area contributed by atoms with E-state index < -0.39 is 18.1 Å². The standard InChI is InChI=1S/C7H14NO3P/c9-5-2-1-3-8(4-12)6(5)7(10)11/h5-6,9H,1-4,12H2,(H,10,11). The van der Waals surface area contributed by atoms with Crippen molar-refractivity contribution in [1.29, 1.82) is 0 Å². The Hall–Kier alpha value is -0.180. The van der Waals surface area contributed by atoms with E-state index in [-0.39, 0.29) is 0 Å². The predicted octanol–water partition coefficient (Wildman–Crippen LogP) is -0.271. The molecule has 1 aliphatic rings. The fourth-order valence-corrected chi connectivity index (χ4v) is 1.98. The SMILES string of the molecule is O=C(O)C1C(O)CCCN1CP. The van der Waals surface area contributed by atoms with Crippen molar-refractivity contribution in [3.8, 4) is 0 Å². The van der Waals surface area contributed by atoms with Gasteiger partial charge in [0.1, 0.15) is 6.04 Å². The van der Waals surface area contributed by atoms with Gasteiger partial charge in [-0.15, -0.1) is 9.24 Å². The first-order valence-electron chi connectivity index (χ1n) is 4.02. The number of nitrogens with zero attached hydrogens (tertiary/aromatic N) is 1. The van der Waals surface area contributed by atoms with E-state index >= 15 is 0 Å². The molecule has 3 atom stereocenters. The van der Waals surface area contributed by atoms with Crippen molar-refractivity contribution in [3.63, 3.8) is 0 Å². The van der Waals surface area contributed by atoms with Crippen LogP contribution in [-0.4, -0.2) is 46.1 Å². The molecule has 0 saturated carbocycles. The van der Waals surface area contributed by atoms with E-state index in [9.17, 15) is 9.90 Å². The van der Waals surface area contributed by atoms with Crippen molar-refractivity contribution in [2.75, 3.05) is 12.8 Å². The topological polar surface area (TPSA) is 60.8 Å². The van der Waals surface area contributed by atoms with E-state index in [1.807, 2.05) is 0 Å². The lowest BCUT2D eigenvalue weighted by Crippen LogP contribution is -2.52. The summed E-state index contributed by atoms with van der Waals surface area (Å²) in [5, 5.41) is 18.2. The van der Waals surface area contributed by atoms with Crippen molar-refractivity contribution in [2.45, 2.75) is 25.0 Å². The third-order valence-electron chi connectivity index (χ3n) is 2.19. The van der Waals surface area contributed by atoms with E-state index in [1.165, 1.54) is 0 Å². The molecule has 0 aliphatic carbocycles. The number of hydrogen-bond acceptors (Lipinski definition) is 3. The van der Waals surface area contributed by atoms with Crippen LogP contribution in [0.5, 0.6) is 0 Å². The average Bonchev–Trinajstić information content (AvgIpc) is 2.03. The quantitative estimate of drug-likeness (QED) is 0.590. The van der Waals surface area contributed by atoms with E-state index in [2.05, 4.69) is 9.24 Å². The Morgan fingerprint density at radius 3 is 2.75 bits per heavy atom. The normalized spacial score (nSPS) is 31.8. The Balaban J connectivity index is 2.66. The van der Waals surface area contributed by atoms with E-state index in [1.54, 1.807) is 4.90 Å². The predicted molar refractivity (Wildman–Crippen MR) is 47.9 cm³/mol. The number of hydrogen-bond donors (Lipinski definition) is 2. The zero-order valence-electron chi connectivity index (χ0n) is 6.81. The highest BCUT2D eigenvalue weighted by Gasteiger charge is 2.34. The second-order valence-corrected chi connectivity index (χ2v) is 3.35. The minimum atomic E-state index is -0.926. The molecule has 0 aromatic heterocycles. The average molecular weight is 191 g/mol. The molecule has 70 valence electrons. The molecule has 3 unspecified atom stereocenters. The van der Waals surface area contributed by atoms with Gasteiger partial charge in [-0.3, -0.25) is 9.69 Å². The minimum Gasteiger partial charge on any atom is -0.480 e. The second-order valence-electron chi connectivity index (χ2n) is 2.99. The van der Waals surface area contributed by atoms with Gasteiger partial charge in [-0.1, -0.05) is 0 Å². The number of piperidine rings is 1. The first-order chi connectivity index (χ1) is 5.66.